The summed E-state index contributed by atoms with van der Waals surface area (Å²) in [5, 5.41) is 0. The van der Waals surface area contributed by atoms with Crippen molar-refractivity contribution in [1.82, 2.24) is 19.8 Å². The van der Waals surface area contributed by atoms with Crippen LogP contribution in [0.5, 0.6) is 0 Å². The lowest BCUT2D eigenvalue weighted by atomic mass is 10.1. The van der Waals surface area contributed by atoms with Crippen molar-refractivity contribution in [2.75, 3.05) is 26.2 Å². The van der Waals surface area contributed by atoms with Crippen LogP contribution < -0.4 is 0 Å². The molecule has 6 heteroatoms. The molecule has 1 aromatic heterocycles. The first kappa shape index (κ1) is 15.0. The molecular formula is C16H18F2N4. The van der Waals surface area contributed by atoms with Gasteiger partial charge in [-0.1, -0.05) is 0 Å². The van der Waals surface area contributed by atoms with Crippen LogP contribution in [0.25, 0.3) is 0 Å². The van der Waals surface area contributed by atoms with Gasteiger partial charge in [-0.15, -0.1) is 0 Å². The summed E-state index contributed by atoms with van der Waals surface area (Å²) in [6, 6.07) is 3.62. The molecule has 1 aliphatic rings. The second-order valence-electron chi connectivity index (χ2n) is 5.48. The summed E-state index contributed by atoms with van der Waals surface area (Å²) in [4.78, 5) is 12.8. The van der Waals surface area contributed by atoms with Crippen molar-refractivity contribution in [2.24, 2.45) is 0 Å². The molecule has 0 saturated carbocycles. The van der Waals surface area contributed by atoms with E-state index in [0.29, 0.717) is 12.1 Å². The van der Waals surface area contributed by atoms with Crippen LogP contribution >= 0.6 is 0 Å². The van der Waals surface area contributed by atoms with Gasteiger partial charge in [0.25, 0.3) is 0 Å². The van der Waals surface area contributed by atoms with Crippen molar-refractivity contribution in [1.29, 1.82) is 0 Å². The van der Waals surface area contributed by atoms with Crippen LogP contribution in [0.1, 0.15) is 11.3 Å². The second-order valence-corrected chi connectivity index (χ2v) is 5.48. The van der Waals surface area contributed by atoms with E-state index in [0.717, 1.165) is 44.5 Å². The summed E-state index contributed by atoms with van der Waals surface area (Å²) in [5.74, 6) is -0.735. The topological polar surface area (TPSA) is 32.3 Å². The predicted octanol–water partition coefficient (Wildman–Crippen LogP) is 2.07. The predicted molar refractivity (Wildman–Crippen MR) is 78.9 cm³/mol. The molecule has 0 atom stereocenters. The fraction of sp³-hybridized carbons (Fsp3) is 0.375. The van der Waals surface area contributed by atoms with Gasteiger partial charge in [0.1, 0.15) is 11.6 Å². The van der Waals surface area contributed by atoms with Gasteiger partial charge in [0.05, 0.1) is 5.69 Å². The Kier molecular flexibility index (Phi) is 4.70. The van der Waals surface area contributed by atoms with Crippen molar-refractivity contribution in [2.45, 2.75) is 13.1 Å². The first-order valence-corrected chi connectivity index (χ1v) is 7.34. The SMILES string of the molecule is Fc1ccc(F)c(CN2CCN(Cc3cnccn3)CC2)c1. The minimum atomic E-state index is -0.391. The highest BCUT2D eigenvalue weighted by atomic mass is 19.1. The Morgan fingerprint density at radius 3 is 2.36 bits per heavy atom. The third-order valence-corrected chi connectivity index (χ3v) is 3.87. The number of hydrogen-bond donors (Lipinski definition) is 0. The Morgan fingerprint density at radius 2 is 1.68 bits per heavy atom. The van der Waals surface area contributed by atoms with E-state index >= 15 is 0 Å². The maximum absolute atomic E-state index is 13.7. The van der Waals surface area contributed by atoms with Gasteiger partial charge in [0.2, 0.25) is 0 Å². The van der Waals surface area contributed by atoms with Crippen LogP contribution in [-0.4, -0.2) is 45.9 Å². The first-order valence-electron chi connectivity index (χ1n) is 7.34. The van der Waals surface area contributed by atoms with E-state index in [1.165, 1.54) is 12.1 Å². The normalized spacial score (nSPS) is 16.8. The van der Waals surface area contributed by atoms with Crippen LogP contribution in [0.15, 0.2) is 36.8 Å². The highest BCUT2D eigenvalue weighted by Crippen LogP contribution is 2.14. The van der Waals surface area contributed by atoms with E-state index in [-0.39, 0.29) is 5.82 Å². The Labute approximate surface area is 128 Å². The summed E-state index contributed by atoms with van der Waals surface area (Å²) in [6.07, 6.45) is 5.13. The van der Waals surface area contributed by atoms with Crippen molar-refractivity contribution in [3.05, 3.63) is 59.7 Å². The number of aromatic nitrogens is 2. The van der Waals surface area contributed by atoms with E-state index in [1.54, 1.807) is 18.6 Å². The zero-order valence-corrected chi connectivity index (χ0v) is 12.3. The van der Waals surface area contributed by atoms with Gasteiger partial charge >= 0.3 is 0 Å². The summed E-state index contributed by atoms with van der Waals surface area (Å²) in [6.45, 7) is 4.64. The van der Waals surface area contributed by atoms with Gasteiger partial charge in [-0.2, -0.15) is 0 Å². The van der Waals surface area contributed by atoms with E-state index in [9.17, 15) is 8.78 Å². The molecule has 0 amide bonds. The molecule has 3 rings (SSSR count). The molecule has 0 radical (unpaired) electrons. The van der Waals surface area contributed by atoms with Crippen molar-refractivity contribution >= 4 is 0 Å². The Balaban J connectivity index is 1.52. The lowest BCUT2D eigenvalue weighted by Gasteiger charge is -2.34. The summed E-state index contributed by atoms with van der Waals surface area (Å²) in [7, 11) is 0. The molecule has 1 fully saturated rings. The molecule has 0 unspecified atom stereocenters. The van der Waals surface area contributed by atoms with Gasteiger partial charge < -0.3 is 0 Å². The third kappa shape index (κ3) is 3.84. The van der Waals surface area contributed by atoms with Crippen molar-refractivity contribution in [3.8, 4) is 0 Å². The number of halogens is 2. The zero-order valence-electron chi connectivity index (χ0n) is 12.3. The van der Waals surface area contributed by atoms with Gasteiger partial charge in [-0.3, -0.25) is 19.8 Å². The number of nitrogens with zero attached hydrogens (tertiary/aromatic N) is 4. The number of rotatable bonds is 4. The third-order valence-electron chi connectivity index (χ3n) is 3.87. The number of piperazine rings is 1. The van der Waals surface area contributed by atoms with Gasteiger partial charge in [0, 0.05) is 63.4 Å². The molecule has 2 aromatic rings. The Bertz CT molecular complexity index is 613. The average molecular weight is 304 g/mol. The molecule has 0 N–H and O–H groups in total. The maximum Gasteiger partial charge on any atom is 0.127 e. The summed E-state index contributed by atoms with van der Waals surface area (Å²) < 4.78 is 26.9. The Hall–Kier alpha value is -1.92. The monoisotopic (exact) mass is 304 g/mol. The molecule has 0 spiro atoms. The van der Waals surface area contributed by atoms with Crippen LogP contribution in [0, 0.1) is 11.6 Å². The van der Waals surface area contributed by atoms with Crippen LogP contribution in [0.2, 0.25) is 0 Å². The van der Waals surface area contributed by atoms with Crippen molar-refractivity contribution < 1.29 is 8.78 Å². The Morgan fingerprint density at radius 1 is 0.955 bits per heavy atom. The molecule has 1 aliphatic heterocycles. The zero-order chi connectivity index (χ0) is 15.4. The first-order chi connectivity index (χ1) is 10.7. The molecule has 116 valence electrons. The average Bonchev–Trinajstić information content (AvgIpc) is 2.54. The number of benzene rings is 1. The molecule has 22 heavy (non-hydrogen) atoms. The van der Waals surface area contributed by atoms with Crippen molar-refractivity contribution in [3.63, 3.8) is 0 Å². The summed E-state index contributed by atoms with van der Waals surface area (Å²) >= 11 is 0. The lowest BCUT2D eigenvalue weighted by molar-refractivity contribution is 0.120. The van der Waals surface area contributed by atoms with Crippen LogP contribution in [0.4, 0.5) is 8.78 Å². The smallest absolute Gasteiger partial charge is 0.127 e. The highest BCUT2D eigenvalue weighted by Gasteiger charge is 2.18. The second kappa shape index (κ2) is 6.89. The minimum absolute atomic E-state index is 0.344. The molecule has 0 bridgehead atoms. The highest BCUT2D eigenvalue weighted by molar-refractivity contribution is 5.18. The lowest BCUT2D eigenvalue weighted by Crippen LogP contribution is -2.45. The maximum atomic E-state index is 13.7. The van der Waals surface area contributed by atoms with Crippen LogP contribution in [0.3, 0.4) is 0 Å². The molecule has 1 saturated heterocycles. The summed E-state index contributed by atoms with van der Waals surface area (Å²) in [5.41, 5.74) is 1.37. The fourth-order valence-corrected chi connectivity index (χ4v) is 2.65. The van der Waals surface area contributed by atoms with Gasteiger partial charge in [-0.05, 0) is 18.2 Å². The quantitative estimate of drug-likeness (QED) is 0.865. The van der Waals surface area contributed by atoms with Gasteiger partial charge in [-0.25, -0.2) is 8.78 Å². The largest absolute Gasteiger partial charge is 0.296 e. The molecule has 2 heterocycles. The van der Waals surface area contributed by atoms with Gasteiger partial charge in [0.15, 0.2) is 0 Å². The van der Waals surface area contributed by atoms with E-state index in [4.69, 9.17) is 0 Å². The minimum Gasteiger partial charge on any atom is -0.296 e. The van der Waals surface area contributed by atoms with Crippen LogP contribution in [-0.2, 0) is 13.1 Å². The number of hydrogen-bond acceptors (Lipinski definition) is 4. The van der Waals surface area contributed by atoms with E-state index in [1.807, 2.05) is 0 Å². The van der Waals surface area contributed by atoms with E-state index < -0.39 is 5.82 Å². The van der Waals surface area contributed by atoms with E-state index in [2.05, 4.69) is 19.8 Å². The molecule has 0 aliphatic carbocycles. The molecule has 1 aromatic carbocycles. The molecule has 4 nitrogen and oxygen atoms in total. The fourth-order valence-electron chi connectivity index (χ4n) is 2.65. The molecular weight excluding hydrogens is 286 g/mol. The standard InChI is InChI=1S/C16H18F2N4/c17-14-1-2-16(18)13(9-14)11-21-5-7-22(8-6-21)12-15-10-19-3-4-20-15/h1-4,9-10H,5-8,11-12H2.